The van der Waals surface area contributed by atoms with Crippen LogP contribution in [0.1, 0.15) is 34.8 Å². The fourth-order valence-corrected chi connectivity index (χ4v) is 3.01. The topological polar surface area (TPSA) is 17.1 Å². The maximum Gasteiger partial charge on any atom is 0.166 e. The summed E-state index contributed by atoms with van der Waals surface area (Å²) in [6.45, 7) is 2.00. The van der Waals surface area contributed by atoms with Crippen LogP contribution in [0.5, 0.6) is 0 Å². The summed E-state index contributed by atoms with van der Waals surface area (Å²) in [7, 11) is 0. The highest BCUT2D eigenvalue weighted by Gasteiger charge is 2.30. The van der Waals surface area contributed by atoms with E-state index in [2.05, 4.69) is 12.1 Å². The number of fused-ring (bicyclic) bond motifs is 1. The lowest BCUT2D eigenvalue weighted by Crippen LogP contribution is -2.09. The lowest BCUT2D eigenvalue weighted by Gasteiger charge is -2.14. The number of allylic oxidation sites excluding steroid dienone is 4. The minimum absolute atomic E-state index is 0.106. The van der Waals surface area contributed by atoms with Crippen molar-refractivity contribution < 1.29 is 4.79 Å². The van der Waals surface area contributed by atoms with Crippen LogP contribution in [0.3, 0.4) is 0 Å². The van der Waals surface area contributed by atoms with Crippen LogP contribution in [0.15, 0.2) is 36.4 Å². The van der Waals surface area contributed by atoms with E-state index in [1.165, 1.54) is 5.56 Å². The maximum atomic E-state index is 12.3. The van der Waals surface area contributed by atoms with Gasteiger partial charge >= 0.3 is 0 Å². The number of ketones is 1. The summed E-state index contributed by atoms with van der Waals surface area (Å²) < 4.78 is 0. The van der Waals surface area contributed by atoms with Gasteiger partial charge in [-0.1, -0.05) is 55.6 Å². The average Bonchev–Trinajstić information content (AvgIpc) is 2.66. The molecule has 0 N–H and O–H groups in total. The summed E-state index contributed by atoms with van der Waals surface area (Å²) in [5.74, 6) is 0.369. The quantitative estimate of drug-likeness (QED) is 0.710. The van der Waals surface area contributed by atoms with Crippen molar-refractivity contribution in [2.45, 2.75) is 19.8 Å². The number of Topliss-reactive ketones (excluding diaryl/α,β-unsaturated/α-hetero) is 1. The van der Waals surface area contributed by atoms with Gasteiger partial charge in [0.05, 0.1) is 0 Å². The highest BCUT2D eigenvalue weighted by molar-refractivity contribution is 7.81. The highest BCUT2D eigenvalue weighted by atomic mass is 32.1. The number of thiocarbonyl (C=S) groups is 1. The average molecular weight is 254 g/mol. The summed E-state index contributed by atoms with van der Waals surface area (Å²) in [5, 5.41) is 0. The van der Waals surface area contributed by atoms with E-state index >= 15 is 0 Å². The molecule has 3 rings (SSSR count). The molecule has 0 heterocycles. The second-order valence-electron chi connectivity index (χ2n) is 4.94. The van der Waals surface area contributed by atoms with Crippen molar-refractivity contribution in [2.24, 2.45) is 5.92 Å². The van der Waals surface area contributed by atoms with Gasteiger partial charge in [0, 0.05) is 22.8 Å². The van der Waals surface area contributed by atoms with E-state index < -0.39 is 0 Å². The molecule has 18 heavy (non-hydrogen) atoms. The zero-order chi connectivity index (χ0) is 12.7. The fraction of sp³-hybridized carbons (Fsp3) is 0.250. The first-order chi connectivity index (χ1) is 8.68. The van der Waals surface area contributed by atoms with Crippen LogP contribution in [0.2, 0.25) is 0 Å². The molecule has 0 aromatic heterocycles. The second-order valence-corrected chi connectivity index (χ2v) is 5.44. The Labute approximate surface area is 112 Å². The molecule has 0 aliphatic heterocycles. The van der Waals surface area contributed by atoms with Crippen LogP contribution in [0, 0.1) is 5.92 Å². The molecule has 1 aromatic rings. The highest BCUT2D eigenvalue weighted by Crippen LogP contribution is 2.34. The third kappa shape index (κ3) is 1.68. The Kier molecular flexibility index (Phi) is 2.75. The van der Waals surface area contributed by atoms with E-state index in [0.717, 1.165) is 34.4 Å². The van der Waals surface area contributed by atoms with Crippen LogP contribution < -0.4 is 0 Å². The summed E-state index contributed by atoms with van der Waals surface area (Å²) in [6.07, 6.45) is 7.76. The maximum absolute atomic E-state index is 12.3. The number of benzene rings is 1. The van der Waals surface area contributed by atoms with Crippen LogP contribution >= 0.6 is 12.2 Å². The Balaban J connectivity index is 2.18. The molecule has 2 aliphatic carbocycles. The number of hydrogen-bond acceptors (Lipinski definition) is 2. The van der Waals surface area contributed by atoms with Gasteiger partial charge in [-0.25, -0.2) is 0 Å². The van der Waals surface area contributed by atoms with Crippen molar-refractivity contribution in [2.75, 3.05) is 0 Å². The molecule has 0 bridgehead atoms. The predicted molar refractivity (Wildman–Crippen MR) is 78.0 cm³/mol. The zero-order valence-corrected chi connectivity index (χ0v) is 11.1. The Hall–Kier alpha value is -1.54. The summed E-state index contributed by atoms with van der Waals surface area (Å²) in [4.78, 5) is 13.2. The number of hydrogen-bond donors (Lipinski definition) is 0. The molecule has 1 atom stereocenters. The minimum atomic E-state index is 0.106. The van der Waals surface area contributed by atoms with E-state index in [-0.39, 0.29) is 11.7 Å². The van der Waals surface area contributed by atoms with E-state index in [4.69, 9.17) is 12.2 Å². The molecule has 2 aliphatic rings. The molecule has 1 nitrogen and oxygen atoms in total. The SMILES string of the molecule is CC1Cc2cccc(C3=CC=CCC3=S)c2C1=O. The number of carbonyl (C=O) groups is 1. The Morgan fingerprint density at radius 3 is 2.94 bits per heavy atom. The molecule has 0 amide bonds. The molecular weight excluding hydrogens is 240 g/mol. The predicted octanol–water partition coefficient (Wildman–Crippen LogP) is 3.77. The van der Waals surface area contributed by atoms with E-state index in [9.17, 15) is 4.79 Å². The smallest absolute Gasteiger partial charge is 0.166 e. The second kappa shape index (κ2) is 4.29. The van der Waals surface area contributed by atoms with Crippen molar-refractivity contribution in [3.63, 3.8) is 0 Å². The van der Waals surface area contributed by atoms with Gasteiger partial charge in [-0.05, 0) is 23.1 Å². The van der Waals surface area contributed by atoms with Crippen molar-refractivity contribution >= 4 is 28.4 Å². The van der Waals surface area contributed by atoms with Gasteiger partial charge < -0.3 is 0 Å². The van der Waals surface area contributed by atoms with Crippen molar-refractivity contribution in [3.8, 4) is 0 Å². The molecule has 0 radical (unpaired) electrons. The summed E-state index contributed by atoms with van der Waals surface area (Å²) >= 11 is 5.42. The zero-order valence-electron chi connectivity index (χ0n) is 10.3. The molecule has 0 saturated heterocycles. The molecule has 0 spiro atoms. The normalized spacial score (nSPS) is 22.1. The molecule has 0 saturated carbocycles. The summed E-state index contributed by atoms with van der Waals surface area (Å²) in [6, 6.07) is 6.11. The molecule has 1 unspecified atom stereocenters. The van der Waals surface area contributed by atoms with Gasteiger partial charge in [0.2, 0.25) is 0 Å². The largest absolute Gasteiger partial charge is 0.294 e. The van der Waals surface area contributed by atoms with Gasteiger partial charge in [0.1, 0.15) is 0 Å². The third-order valence-electron chi connectivity index (χ3n) is 3.66. The van der Waals surface area contributed by atoms with Gasteiger partial charge in [-0.2, -0.15) is 0 Å². The minimum Gasteiger partial charge on any atom is -0.294 e. The van der Waals surface area contributed by atoms with E-state index in [0.29, 0.717) is 0 Å². The van der Waals surface area contributed by atoms with Gasteiger partial charge in [0.25, 0.3) is 0 Å². The van der Waals surface area contributed by atoms with Crippen LogP contribution in [-0.4, -0.2) is 10.6 Å². The number of carbonyl (C=O) groups excluding carboxylic acids is 1. The Bertz CT molecular complexity index is 608. The molecule has 90 valence electrons. The lowest BCUT2D eigenvalue weighted by atomic mass is 9.91. The van der Waals surface area contributed by atoms with Gasteiger partial charge in [-0.3, -0.25) is 4.79 Å². The first kappa shape index (κ1) is 11.5. The van der Waals surface area contributed by atoms with E-state index in [1.54, 1.807) is 0 Å². The van der Waals surface area contributed by atoms with Crippen molar-refractivity contribution in [1.82, 2.24) is 0 Å². The summed E-state index contributed by atoms with van der Waals surface area (Å²) in [5.41, 5.74) is 4.14. The standard InChI is InChI=1S/C16H14OS/c1-10-9-11-5-4-7-13(15(11)16(10)17)12-6-2-3-8-14(12)18/h2-7,10H,8-9H2,1H3. The first-order valence-electron chi connectivity index (χ1n) is 6.25. The Morgan fingerprint density at radius 1 is 1.33 bits per heavy atom. The van der Waals surface area contributed by atoms with Gasteiger partial charge in [0.15, 0.2) is 5.78 Å². The third-order valence-corrected chi connectivity index (χ3v) is 4.05. The van der Waals surface area contributed by atoms with Crippen molar-refractivity contribution in [3.05, 3.63) is 53.1 Å². The van der Waals surface area contributed by atoms with Crippen molar-refractivity contribution in [1.29, 1.82) is 0 Å². The van der Waals surface area contributed by atoms with Crippen LogP contribution in [0.4, 0.5) is 0 Å². The molecular formula is C16H14OS. The fourth-order valence-electron chi connectivity index (χ4n) is 2.74. The van der Waals surface area contributed by atoms with Gasteiger partial charge in [-0.15, -0.1) is 0 Å². The first-order valence-corrected chi connectivity index (χ1v) is 6.66. The lowest BCUT2D eigenvalue weighted by molar-refractivity contribution is 0.0946. The van der Waals surface area contributed by atoms with E-state index in [1.807, 2.05) is 31.2 Å². The number of rotatable bonds is 1. The molecule has 0 fully saturated rings. The van der Waals surface area contributed by atoms with Crippen LogP contribution in [0.25, 0.3) is 5.57 Å². The molecule has 1 aromatic carbocycles. The Morgan fingerprint density at radius 2 is 2.17 bits per heavy atom. The monoisotopic (exact) mass is 254 g/mol. The van der Waals surface area contributed by atoms with Crippen LogP contribution in [-0.2, 0) is 6.42 Å². The molecule has 2 heteroatoms.